The zero-order valence-corrected chi connectivity index (χ0v) is 14.6. The maximum absolute atomic E-state index is 12.8. The third-order valence-electron chi connectivity index (χ3n) is 4.21. The SMILES string of the molecule is CC(Sc1nnc(-c2ccccc2)o1)C(=O)N1CCc2ccccc21. The lowest BCUT2D eigenvalue weighted by Crippen LogP contribution is -2.35. The van der Waals surface area contributed by atoms with Crippen molar-refractivity contribution in [3.05, 3.63) is 60.2 Å². The molecule has 1 aliphatic rings. The number of nitrogens with zero attached hydrogens (tertiary/aromatic N) is 3. The molecule has 126 valence electrons. The molecule has 3 aromatic rings. The Morgan fingerprint density at radius 2 is 1.88 bits per heavy atom. The van der Waals surface area contributed by atoms with Gasteiger partial charge in [0.05, 0.1) is 5.25 Å². The van der Waals surface area contributed by atoms with Crippen molar-refractivity contribution in [2.45, 2.75) is 23.8 Å². The molecule has 2 aromatic carbocycles. The highest BCUT2D eigenvalue weighted by Gasteiger charge is 2.29. The molecule has 0 saturated carbocycles. The molecule has 1 unspecified atom stereocenters. The van der Waals surface area contributed by atoms with E-state index in [1.807, 2.05) is 60.4 Å². The molecule has 0 saturated heterocycles. The van der Waals surface area contributed by atoms with Crippen LogP contribution in [-0.2, 0) is 11.2 Å². The largest absolute Gasteiger partial charge is 0.411 e. The summed E-state index contributed by atoms with van der Waals surface area (Å²) in [6, 6.07) is 17.6. The van der Waals surface area contributed by atoms with Gasteiger partial charge in [0, 0.05) is 17.8 Å². The lowest BCUT2D eigenvalue weighted by Gasteiger charge is -2.20. The molecule has 25 heavy (non-hydrogen) atoms. The standard InChI is InChI=1S/C19H17N3O2S/c1-13(18(23)22-12-11-14-7-5-6-10-16(14)22)25-19-21-20-17(24-19)15-8-3-2-4-9-15/h2-10,13H,11-12H2,1H3. The smallest absolute Gasteiger partial charge is 0.277 e. The normalized spacial score (nSPS) is 14.4. The van der Waals surface area contributed by atoms with Crippen LogP contribution in [0.2, 0.25) is 0 Å². The molecule has 0 fully saturated rings. The van der Waals surface area contributed by atoms with Crippen LogP contribution in [0.5, 0.6) is 0 Å². The monoisotopic (exact) mass is 351 g/mol. The van der Waals surface area contributed by atoms with E-state index in [2.05, 4.69) is 16.3 Å². The minimum absolute atomic E-state index is 0.0643. The Morgan fingerprint density at radius 1 is 1.12 bits per heavy atom. The van der Waals surface area contributed by atoms with E-state index in [9.17, 15) is 4.79 Å². The first-order valence-corrected chi connectivity index (χ1v) is 9.05. The Morgan fingerprint density at radius 3 is 2.72 bits per heavy atom. The maximum atomic E-state index is 12.8. The molecule has 1 aliphatic heterocycles. The van der Waals surface area contributed by atoms with Gasteiger partial charge in [0.2, 0.25) is 11.8 Å². The molecular weight excluding hydrogens is 334 g/mol. The number of amides is 1. The zero-order chi connectivity index (χ0) is 17.2. The third kappa shape index (κ3) is 3.17. The van der Waals surface area contributed by atoms with Gasteiger partial charge in [0.25, 0.3) is 5.22 Å². The molecule has 0 N–H and O–H groups in total. The molecule has 1 amide bonds. The van der Waals surface area contributed by atoms with E-state index in [0.29, 0.717) is 11.1 Å². The number of thioether (sulfide) groups is 1. The number of carbonyl (C=O) groups is 1. The van der Waals surface area contributed by atoms with Gasteiger partial charge < -0.3 is 9.32 Å². The summed E-state index contributed by atoms with van der Waals surface area (Å²) in [7, 11) is 0. The van der Waals surface area contributed by atoms with Gasteiger partial charge in [0.1, 0.15) is 0 Å². The van der Waals surface area contributed by atoms with E-state index in [1.54, 1.807) is 0 Å². The van der Waals surface area contributed by atoms with Gasteiger partial charge >= 0.3 is 0 Å². The highest BCUT2D eigenvalue weighted by atomic mass is 32.2. The van der Waals surface area contributed by atoms with Crippen LogP contribution < -0.4 is 4.90 Å². The fraction of sp³-hybridized carbons (Fsp3) is 0.211. The second-order valence-corrected chi connectivity index (χ2v) is 7.16. The lowest BCUT2D eigenvalue weighted by molar-refractivity contribution is -0.117. The number of carbonyl (C=O) groups excluding carboxylic acids is 1. The van der Waals surface area contributed by atoms with Crippen LogP contribution in [0.3, 0.4) is 0 Å². The van der Waals surface area contributed by atoms with Gasteiger partial charge in [-0.3, -0.25) is 4.79 Å². The first kappa shape index (κ1) is 15.9. The van der Waals surface area contributed by atoms with Crippen molar-refractivity contribution in [3.8, 4) is 11.5 Å². The summed E-state index contributed by atoms with van der Waals surface area (Å²) in [6.07, 6.45) is 0.901. The highest BCUT2D eigenvalue weighted by molar-refractivity contribution is 8.00. The molecule has 0 bridgehead atoms. The van der Waals surface area contributed by atoms with Crippen molar-refractivity contribution in [1.82, 2.24) is 10.2 Å². The molecule has 1 atom stereocenters. The van der Waals surface area contributed by atoms with Gasteiger partial charge in [0.15, 0.2) is 0 Å². The molecule has 6 heteroatoms. The Labute approximate surface area is 150 Å². The molecule has 0 radical (unpaired) electrons. The Hall–Kier alpha value is -2.60. The number of hydrogen-bond acceptors (Lipinski definition) is 5. The number of rotatable bonds is 4. The van der Waals surface area contributed by atoms with Gasteiger partial charge in [-0.15, -0.1) is 10.2 Å². The minimum atomic E-state index is -0.296. The second-order valence-electron chi connectivity index (χ2n) is 5.87. The zero-order valence-electron chi connectivity index (χ0n) is 13.8. The van der Waals surface area contributed by atoms with Crippen molar-refractivity contribution in [2.75, 3.05) is 11.4 Å². The van der Waals surface area contributed by atoms with Crippen molar-refractivity contribution >= 4 is 23.4 Å². The van der Waals surface area contributed by atoms with Crippen LogP contribution in [0.1, 0.15) is 12.5 Å². The number of aromatic nitrogens is 2. The summed E-state index contributed by atoms with van der Waals surface area (Å²) in [6.45, 7) is 2.60. The van der Waals surface area contributed by atoms with Crippen LogP contribution >= 0.6 is 11.8 Å². The number of para-hydroxylation sites is 1. The molecule has 1 aromatic heterocycles. The van der Waals surface area contributed by atoms with E-state index in [-0.39, 0.29) is 11.2 Å². The summed E-state index contributed by atoms with van der Waals surface area (Å²) in [4.78, 5) is 14.7. The van der Waals surface area contributed by atoms with Gasteiger partial charge in [-0.25, -0.2) is 0 Å². The minimum Gasteiger partial charge on any atom is -0.411 e. The van der Waals surface area contributed by atoms with Crippen molar-refractivity contribution < 1.29 is 9.21 Å². The predicted octanol–water partition coefficient (Wildman–Crippen LogP) is 3.81. The topological polar surface area (TPSA) is 59.2 Å². The van der Waals surface area contributed by atoms with E-state index >= 15 is 0 Å². The lowest BCUT2D eigenvalue weighted by atomic mass is 10.2. The van der Waals surface area contributed by atoms with E-state index in [1.165, 1.54) is 17.3 Å². The first-order valence-electron chi connectivity index (χ1n) is 8.17. The van der Waals surface area contributed by atoms with Crippen molar-refractivity contribution in [2.24, 2.45) is 0 Å². The number of hydrogen-bond donors (Lipinski definition) is 0. The van der Waals surface area contributed by atoms with Crippen LogP contribution in [0, 0.1) is 0 Å². The highest BCUT2D eigenvalue weighted by Crippen LogP contribution is 2.32. The molecular formula is C19H17N3O2S. The quantitative estimate of drug-likeness (QED) is 0.669. The van der Waals surface area contributed by atoms with Crippen molar-refractivity contribution in [3.63, 3.8) is 0 Å². The van der Waals surface area contributed by atoms with Gasteiger partial charge in [-0.05, 0) is 37.1 Å². The summed E-state index contributed by atoms with van der Waals surface area (Å²) in [5, 5.41) is 8.24. The van der Waals surface area contributed by atoms with E-state index < -0.39 is 0 Å². The first-order chi connectivity index (χ1) is 12.2. The summed E-state index contributed by atoms with van der Waals surface area (Å²) >= 11 is 1.30. The third-order valence-corrected chi connectivity index (χ3v) is 5.13. The van der Waals surface area contributed by atoms with Crippen molar-refractivity contribution in [1.29, 1.82) is 0 Å². The molecule has 4 rings (SSSR count). The molecule has 0 aliphatic carbocycles. The second kappa shape index (κ2) is 6.72. The fourth-order valence-electron chi connectivity index (χ4n) is 2.94. The average Bonchev–Trinajstić information content (AvgIpc) is 3.29. The number of fused-ring (bicyclic) bond motifs is 1. The maximum Gasteiger partial charge on any atom is 0.277 e. The molecule has 0 spiro atoms. The van der Waals surface area contributed by atoms with Crippen LogP contribution in [0.15, 0.2) is 64.2 Å². The summed E-state index contributed by atoms with van der Waals surface area (Å²) in [5.41, 5.74) is 3.10. The van der Waals surface area contributed by atoms with Crippen LogP contribution in [0.4, 0.5) is 5.69 Å². The predicted molar refractivity (Wildman–Crippen MR) is 97.6 cm³/mol. The Balaban J connectivity index is 1.47. The summed E-state index contributed by atoms with van der Waals surface area (Å²) < 4.78 is 5.69. The van der Waals surface area contributed by atoms with Crippen LogP contribution in [-0.4, -0.2) is 27.9 Å². The molecule has 2 heterocycles. The molecule has 5 nitrogen and oxygen atoms in total. The Bertz CT molecular complexity index is 894. The van der Waals surface area contributed by atoms with Gasteiger partial charge in [-0.1, -0.05) is 48.2 Å². The number of benzene rings is 2. The average molecular weight is 351 g/mol. The van der Waals surface area contributed by atoms with Gasteiger partial charge in [-0.2, -0.15) is 0 Å². The summed E-state index contributed by atoms with van der Waals surface area (Å²) in [5.74, 6) is 0.531. The number of anilines is 1. The van der Waals surface area contributed by atoms with E-state index in [4.69, 9.17) is 4.42 Å². The fourth-order valence-corrected chi connectivity index (χ4v) is 3.69. The Kier molecular flexibility index (Phi) is 4.28. The van der Waals surface area contributed by atoms with E-state index in [0.717, 1.165) is 24.2 Å². The van der Waals surface area contributed by atoms with Crippen LogP contribution in [0.25, 0.3) is 11.5 Å².